The molecule has 1 saturated heterocycles. The van der Waals surface area contributed by atoms with Crippen molar-refractivity contribution in [1.82, 2.24) is 10.6 Å². The van der Waals surface area contributed by atoms with Crippen LogP contribution in [0.25, 0.3) is 0 Å². The summed E-state index contributed by atoms with van der Waals surface area (Å²) >= 11 is 0. The maximum Gasteiger partial charge on any atom is 0.182 e. The summed E-state index contributed by atoms with van der Waals surface area (Å²) in [7, 11) is 0. The van der Waals surface area contributed by atoms with Gasteiger partial charge in [-0.3, -0.25) is 4.79 Å². The van der Waals surface area contributed by atoms with Crippen molar-refractivity contribution >= 4 is 5.78 Å². The van der Waals surface area contributed by atoms with Crippen LogP contribution in [-0.4, -0.2) is 109 Å². The number of nitrogens with one attached hydrogen (secondary N) is 2. The molecule has 5 saturated carbocycles. The summed E-state index contributed by atoms with van der Waals surface area (Å²) in [5, 5.41) is 89.4. The Morgan fingerprint density at radius 3 is 2.52 bits per heavy atom. The zero-order chi connectivity index (χ0) is 43.8. The van der Waals surface area contributed by atoms with Crippen LogP contribution in [0.5, 0.6) is 0 Å². The first-order chi connectivity index (χ1) is 28.9. The number of hydrogen-bond donors (Lipinski definition) is 10. The van der Waals surface area contributed by atoms with Gasteiger partial charge in [0.15, 0.2) is 5.78 Å². The lowest BCUT2D eigenvalue weighted by atomic mass is 9.37. The molecule has 0 radical (unpaired) electrons. The van der Waals surface area contributed by atoms with E-state index in [0.29, 0.717) is 68.1 Å². The van der Waals surface area contributed by atoms with Gasteiger partial charge in [0.2, 0.25) is 0 Å². The van der Waals surface area contributed by atoms with Crippen molar-refractivity contribution in [2.24, 2.45) is 63.9 Å². The van der Waals surface area contributed by atoms with Crippen LogP contribution in [0, 0.1) is 58.2 Å². The third-order valence-corrected chi connectivity index (χ3v) is 18.7. The minimum absolute atomic E-state index is 0.0427. The maximum atomic E-state index is 15.5. The number of allylic oxidation sites excluding steroid dienone is 4. The number of ether oxygens (including phenoxy) is 1. The molecule has 0 aromatic rings. The van der Waals surface area contributed by atoms with Crippen LogP contribution in [0.15, 0.2) is 34.7 Å². The molecule has 1 unspecified atom stereocenters. The Hall–Kier alpha value is -1.87. The molecule has 19 atom stereocenters. The van der Waals surface area contributed by atoms with E-state index >= 15 is 4.79 Å². The Kier molecular flexibility index (Phi) is 12.9. The number of carbonyl (C=O) groups excluding carboxylic acids is 1. The molecular weight excluding hydrogens is 775 g/mol. The van der Waals surface area contributed by atoms with Gasteiger partial charge in [-0.2, -0.15) is 0 Å². The molecule has 61 heavy (non-hydrogen) atoms. The van der Waals surface area contributed by atoms with Gasteiger partial charge in [-0.15, -0.1) is 0 Å². The fourth-order valence-corrected chi connectivity index (χ4v) is 15.7. The second-order valence-electron chi connectivity index (χ2n) is 21.8. The highest BCUT2D eigenvalue weighted by Gasteiger charge is 2.74. The van der Waals surface area contributed by atoms with Crippen LogP contribution in [-0.2, 0) is 9.53 Å². The fourth-order valence-electron chi connectivity index (χ4n) is 15.7. The van der Waals surface area contributed by atoms with Gasteiger partial charge in [-0.05, 0) is 161 Å². The van der Waals surface area contributed by atoms with Crippen molar-refractivity contribution in [3.8, 4) is 0 Å². The van der Waals surface area contributed by atoms with Crippen LogP contribution in [0.3, 0.4) is 0 Å². The standard InChI is InChI=1S/C49H79N3O9/c1-6-8-28-10-14-31-27(3)44(61-36(31)16-11-28)45(58)47(5,59)37-19-21-49(60)40-33(18-20-46(37,49)4)48-24-35(55)42(56)32(39(48)43(57)41(40)51-25-26(2)54)15-13-30(48)23-29-12-17-38(50)52-34(29)9-7-22-53/h12,17,26-28,30-33,35-39,42,44-45,51-56,58-60H,6-11,13-16,18-25,50H2,1-5H3/t26-,27-,28+,30+,31-,32+,33-,35-,36+,37-,38?,39-,42+,44+,45+,46+,47+,48-,49+/m0/s1. The SMILES string of the molecule is CCC[C@@H]1CC[C@H]2[C@H](C)[C@H]([C@@H](O)[C@](C)(O)[C@H]3CC[C@@]4(O)C5=C(NC[C@H](C)O)C(=O)[C@@H]6[C@H]7CC[C@H](CC8=C(CCCO)NC(N)C=C8)[C@@]6(C[C@H](O)[C@@H]7O)[C@H]5CC[C@]34C)O[C@@H]2CC1. The minimum atomic E-state index is -1.62. The summed E-state index contributed by atoms with van der Waals surface area (Å²) in [6.07, 6.45) is 10.9. The predicted molar refractivity (Wildman–Crippen MR) is 232 cm³/mol. The average Bonchev–Trinajstić information content (AvgIpc) is 3.60. The summed E-state index contributed by atoms with van der Waals surface area (Å²) in [6, 6.07) is 0. The maximum absolute atomic E-state index is 15.5. The molecule has 0 aromatic carbocycles. The zero-order valence-corrected chi connectivity index (χ0v) is 37.6. The van der Waals surface area contributed by atoms with Crippen LogP contribution in [0.2, 0.25) is 0 Å². The Labute approximate surface area is 363 Å². The van der Waals surface area contributed by atoms with Crippen LogP contribution < -0.4 is 16.4 Å². The van der Waals surface area contributed by atoms with E-state index < -0.39 is 70.3 Å². The molecule has 344 valence electrons. The van der Waals surface area contributed by atoms with Crippen molar-refractivity contribution in [3.63, 3.8) is 0 Å². The smallest absolute Gasteiger partial charge is 0.182 e. The third-order valence-electron chi connectivity index (χ3n) is 18.7. The number of ketones is 1. The lowest BCUT2D eigenvalue weighted by molar-refractivity contribution is -0.217. The lowest BCUT2D eigenvalue weighted by Crippen LogP contribution is -2.70. The largest absolute Gasteiger partial charge is 0.396 e. The van der Waals surface area contributed by atoms with Crippen molar-refractivity contribution in [1.29, 1.82) is 0 Å². The summed E-state index contributed by atoms with van der Waals surface area (Å²) in [6.45, 7) is 9.98. The highest BCUT2D eigenvalue weighted by atomic mass is 16.5. The fraction of sp³-hybridized carbons (Fsp3) is 0.857. The van der Waals surface area contributed by atoms with E-state index in [0.717, 1.165) is 37.0 Å². The second kappa shape index (κ2) is 17.2. The number of fused-ring (bicyclic) bond motifs is 4. The molecule has 0 amide bonds. The summed E-state index contributed by atoms with van der Waals surface area (Å²) in [5.41, 5.74) is 4.38. The van der Waals surface area contributed by atoms with Gasteiger partial charge < -0.3 is 56.8 Å². The van der Waals surface area contributed by atoms with E-state index in [1.165, 1.54) is 19.3 Å². The van der Waals surface area contributed by atoms with Gasteiger partial charge in [0, 0.05) is 30.2 Å². The first kappa shape index (κ1) is 45.7. The highest BCUT2D eigenvalue weighted by molar-refractivity contribution is 6.00. The predicted octanol–water partition coefficient (Wildman–Crippen LogP) is 4.09. The summed E-state index contributed by atoms with van der Waals surface area (Å²) < 4.78 is 6.75. The molecule has 2 heterocycles. The molecule has 12 heteroatoms. The van der Waals surface area contributed by atoms with Gasteiger partial charge in [-0.1, -0.05) is 46.1 Å². The highest BCUT2D eigenvalue weighted by Crippen LogP contribution is 2.73. The molecule has 6 aliphatic carbocycles. The van der Waals surface area contributed by atoms with Crippen molar-refractivity contribution in [2.75, 3.05) is 13.2 Å². The number of aliphatic hydroxyl groups excluding tert-OH is 5. The Balaban J connectivity index is 1.17. The molecule has 8 rings (SSSR count). The van der Waals surface area contributed by atoms with E-state index in [1.54, 1.807) is 13.8 Å². The van der Waals surface area contributed by atoms with Gasteiger partial charge in [-0.25, -0.2) is 0 Å². The third kappa shape index (κ3) is 7.32. The summed E-state index contributed by atoms with van der Waals surface area (Å²) in [4.78, 5) is 15.5. The summed E-state index contributed by atoms with van der Waals surface area (Å²) in [5.74, 6) is -1.10. The molecule has 0 spiro atoms. The van der Waals surface area contributed by atoms with Crippen LogP contribution in [0.1, 0.15) is 137 Å². The average molecular weight is 854 g/mol. The number of aliphatic hydroxyl groups is 7. The van der Waals surface area contributed by atoms with E-state index in [-0.39, 0.29) is 61.8 Å². The Bertz CT molecular complexity index is 1730. The monoisotopic (exact) mass is 854 g/mol. The quantitative estimate of drug-likeness (QED) is 0.127. The number of hydrogen-bond acceptors (Lipinski definition) is 12. The van der Waals surface area contributed by atoms with Crippen LogP contribution in [0.4, 0.5) is 0 Å². The van der Waals surface area contributed by atoms with Crippen molar-refractivity contribution in [3.05, 3.63) is 34.7 Å². The molecule has 6 fully saturated rings. The molecule has 12 nitrogen and oxygen atoms in total. The number of carbonyl (C=O) groups is 1. The van der Waals surface area contributed by atoms with Gasteiger partial charge in [0.25, 0.3) is 0 Å². The van der Waals surface area contributed by atoms with Gasteiger partial charge in [0.1, 0.15) is 6.10 Å². The number of rotatable bonds is 13. The second-order valence-corrected chi connectivity index (χ2v) is 21.8. The Morgan fingerprint density at radius 2 is 1.80 bits per heavy atom. The number of nitrogens with two attached hydrogens (primary N) is 1. The van der Waals surface area contributed by atoms with E-state index in [9.17, 15) is 35.7 Å². The van der Waals surface area contributed by atoms with Gasteiger partial charge >= 0.3 is 0 Å². The molecule has 8 aliphatic rings. The normalized spacial score (nSPS) is 46.4. The van der Waals surface area contributed by atoms with Crippen molar-refractivity contribution < 1.29 is 45.3 Å². The molecular formula is C49H79N3O9. The lowest BCUT2D eigenvalue weighted by Gasteiger charge is -2.67. The van der Waals surface area contributed by atoms with E-state index in [1.807, 2.05) is 13.0 Å². The molecule has 11 N–H and O–H groups in total. The topological polar surface area (TPSA) is 218 Å². The zero-order valence-electron chi connectivity index (χ0n) is 37.6. The molecule has 0 aromatic heterocycles. The van der Waals surface area contributed by atoms with Crippen LogP contribution >= 0.6 is 0 Å². The van der Waals surface area contributed by atoms with Crippen molar-refractivity contribution in [2.45, 2.75) is 191 Å². The molecule has 2 aliphatic heterocycles. The first-order valence-electron chi connectivity index (χ1n) is 24.3. The Morgan fingerprint density at radius 1 is 1.07 bits per heavy atom. The van der Waals surface area contributed by atoms with Gasteiger partial charge in [0.05, 0.1) is 53.6 Å². The molecule has 2 bridgehead atoms. The van der Waals surface area contributed by atoms with E-state index in [4.69, 9.17) is 10.5 Å². The van der Waals surface area contributed by atoms with E-state index in [2.05, 4.69) is 30.6 Å². The first-order valence-corrected chi connectivity index (χ1v) is 24.3. The number of dihydropyridines is 1. The minimum Gasteiger partial charge on any atom is -0.396 e. The number of Topliss-reactive ketones (excluding diaryl/α,β-unsaturated/α-hetero) is 1.